The fraction of sp³-hybridized carbons (Fsp3) is 0.500. The number of nitrogen functional groups attached to an aromatic ring is 1. The Kier molecular flexibility index (Phi) is 5.32. The van der Waals surface area contributed by atoms with Gasteiger partial charge in [0, 0.05) is 11.3 Å². The Morgan fingerprint density at radius 1 is 1.37 bits per heavy atom. The van der Waals surface area contributed by atoms with Crippen LogP contribution in [-0.2, 0) is 9.53 Å². The van der Waals surface area contributed by atoms with Gasteiger partial charge < -0.3 is 20.7 Å². The first-order valence-electron chi connectivity index (χ1n) is 6.25. The summed E-state index contributed by atoms with van der Waals surface area (Å²) in [5, 5.41) is 20.0. The van der Waals surface area contributed by atoms with Gasteiger partial charge in [-0.3, -0.25) is 4.79 Å². The Morgan fingerprint density at radius 3 is 2.58 bits per heavy atom. The van der Waals surface area contributed by atoms with Crippen molar-refractivity contribution < 1.29 is 19.7 Å². The number of ether oxygens (including phenoxy) is 1. The highest BCUT2D eigenvalue weighted by atomic mass is 16.5. The van der Waals surface area contributed by atoms with Gasteiger partial charge >= 0.3 is 5.97 Å². The van der Waals surface area contributed by atoms with Crippen LogP contribution < -0.4 is 5.73 Å². The molecule has 0 saturated heterocycles. The Morgan fingerprint density at radius 2 is 2.00 bits per heavy atom. The van der Waals surface area contributed by atoms with Crippen LogP contribution >= 0.6 is 0 Å². The smallest absolute Gasteiger partial charge is 0.308 e. The van der Waals surface area contributed by atoms with Gasteiger partial charge in [-0.15, -0.1) is 0 Å². The number of rotatable bonds is 5. The van der Waals surface area contributed by atoms with Gasteiger partial charge in [0.05, 0.1) is 19.1 Å². The van der Waals surface area contributed by atoms with Gasteiger partial charge in [-0.2, -0.15) is 0 Å². The van der Waals surface area contributed by atoms with Crippen molar-refractivity contribution in [1.29, 1.82) is 0 Å². The summed E-state index contributed by atoms with van der Waals surface area (Å²) in [6, 6.07) is 3.60. The number of aryl methyl sites for hydroxylation is 2. The Bertz CT molecular complexity index is 459. The minimum absolute atomic E-state index is 0.243. The van der Waals surface area contributed by atoms with Crippen molar-refractivity contribution in [2.75, 3.05) is 12.3 Å². The molecular weight excluding hydrogens is 246 g/mol. The highest BCUT2D eigenvalue weighted by Gasteiger charge is 2.24. The van der Waals surface area contributed by atoms with Crippen LogP contribution in [0, 0.1) is 13.8 Å². The van der Waals surface area contributed by atoms with Crippen LogP contribution in [0.3, 0.4) is 0 Å². The lowest BCUT2D eigenvalue weighted by atomic mass is 9.96. The maximum absolute atomic E-state index is 11.3. The van der Waals surface area contributed by atoms with Crippen LogP contribution in [-0.4, -0.2) is 28.9 Å². The Balaban J connectivity index is 2.88. The summed E-state index contributed by atoms with van der Waals surface area (Å²) >= 11 is 0. The van der Waals surface area contributed by atoms with Crippen LogP contribution in [0.1, 0.15) is 36.1 Å². The summed E-state index contributed by atoms with van der Waals surface area (Å²) in [5.74, 6) is -0.544. The third-order valence-electron chi connectivity index (χ3n) is 2.93. The second-order valence-corrected chi connectivity index (χ2v) is 4.61. The largest absolute Gasteiger partial charge is 0.466 e. The molecule has 2 unspecified atom stereocenters. The Labute approximate surface area is 113 Å². The molecule has 0 aliphatic rings. The topological polar surface area (TPSA) is 92.8 Å². The molecule has 0 bridgehead atoms. The summed E-state index contributed by atoms with van der Waals surface area (Å²) in [6.45, 7) is 5.63. The molecule has 19 heavy (non-hydrogen) atoms. The van der Waals surface area contributed by atoms with E-state index in [4.69, 9.17) is 10.5 Å². The fourth-order valence-electron chi connectivity index (χ4n) is 1.97. The molecule has 0 saturated carbocycles. The van der Waals surface area contributed by atoms with Crippen molar-refractivity contribution in [2.45, 2.75) is 39.4 Å². The second-order valence-electron chi connectivity index (χ2n) is 4.61. The van der Waals surface area contributed by atoms with E-state index in [1.54, 1.807) is 13.0 Å². The number of aliphatic hydroxyl groups excluding tert-OH is 2. The van der Waals surface area contributed by atoms with Crippen LogP contribution in [0.4, 0.5) is 5.69 Å². The molecule has 0 amide bonds. The van der Waals surface area contributed by atoms with E-state index in [1.807, 2.05) is 19.9 Å². The number of carbonyl (C=O) groups is 1. The molecule has 5 nitrogen and oxygen atoms in total. The average molecular weight is 267 g/mol. The molecule has 2 atom stereocenters. The molecule has 4 N–H and O–H groups in total. The zero-order valence-electron chi connectivity index (χ0n) is 11.5. The van der Waals surface area contributed by atoms with Crippen molar-refractivity contribution >= 4 is 11.7 Å². The summed E-state index contributed by atoms with van der Waals surface area (Å²) in [6.07, 6.45) is -2.70. The molecule has 0 radical (unpaired) electrons. The monoisotopic (exact) mass is 267 g/mol. The molecule has 0 aromatic heterocycles. The van der Waals surface area contributed by atoms with Gasteiger partial charge in [0.1, 0.15) is 6.10 Å². The van der Waals surface area contributed by atoms with E-state index in [0.29, 0.717) is 11.3 Å². The number of nitrogens with two attached hydrogens (primary N) is 1. The second kappa shape index (κ2) is 6.54. The molecule has 106 valence electrons. The van der Waals surface area contributed by atoms with Gasteiger partial charge in [-0.1, -0.05) is 17.7 Å². The third kappa shape index (κ3) is 3.94. The minimum Gasteiger partial charge on any atom is -0.466 e. The third-order valence-corrected chi connectivity index (χ3v) is 2.93. The van der Waals surface area contributed by atoms with Gasteiger partial charge in [-0.25, -0.2) is 0 Å². The maximum atomic E-state index is 11.3. The van der Waals surface area contributed by atoms with Crippen molar-refractivity contribution in [3.05, 3.63) is 28.8 Å². The maximum Gasteiger partial charge on any atom is 0.308 e. The van der Waals surface area contributed by atoms with Gasteiger partial charge in [0.25, 0.3) is 0 Å². The first-order valence-corrected chi connectivity index (χ1v) is 6.25. The first-order chi connectivity index (χ1) is 8.86. The van der Waals surface area contributed by atoms with Crippen LogP contribution in [0.2, 0.25) is 0 Å². The zero-order valence-corrected chi connectivity index (χ0v) is 11.5. The number of aliphatic hydroxyl groups is 2. The number of carbonyl (C=O) groups excluding carboxylic acids is 1. The highest BCUT2D eigenvalue weighted by molar-refractivity contribution is 5.70. The lowest BCUT2D eigenvalue weighted by Crippen LogP contribution is -2.24. The minimum atomic E-state index is -1.23. The van der Waals surface area contributed by atoms with Gasteiger partial charge in [-0.05, 0) is 26.3 Å². The van der Waals surface area contributed by atoms with E-state index < -0.39 is 18.2 Å². The quantitative estimate of drug-likeness (QED) is 0.551. The predicted octanol–water partition coefficient (Wildman–Crippen LogP) is 1.23. The summed E-state index contributed by atoms with van der Waals surface area (Å²) in [4.78, 5) is 11.3. The molecule has 0 aliphatic carbocycles. The van der Waals surface area contributed by atoms with Crippen molar-refractivity contribution in [3.63, 3.8) is 0 Å². The lowest BCUT2D eigenvalue weighted by Gasteiger charge is -2.20. The number of hydrogen-bond acceptors (Lipinski definition) is 5. The normalized spacial score (nSPS) is 13.9. The van der Waals surface area contributed by atoms with E-state index in [1.165, 1.54) is 0 Å². The van der Waals surface area contributed by atoms with Crippen molar-refractivity contribution in [1.82, 2.24) is 0 Å². The lowest BCUT2D eigenvalue weighted by molar-refractivity contribution is -0.147. The molecule has 0 heterocycles. The van der Waals surface area contributed by atoms with E-state index in [-0.39, 0.29) is 13.0 Å². The van der Waals surface area contributed by atoms with Crippen LogP contribution in [0.25, 0.3) is 0 Å². The summed E-state index contributed by atoms with van der Waals surface area (Å²) in [7, 11) is 0. The Hall–Kier alpha value is -1.59. The van der Waals surface area contributed by atoms with Crippen molar-refractivity contribution in [3.8, 4) is 0 Å². The number of anilines is 1. The summed E-state index contributed by atoms with van der Waals surface area (Å²) < 4.78 is 4.73. The summed E-state index contributed by atoms with van der Waals surface area (Å²) in [5.41, 5.74) is 8.53. The number of esters is 1. The highest BCUT2D eigenvalue weighted by Crippen LogP contribution is 2.28. The molecule has 1 aromatic rings. The van der Waals surface area contributed by atoms with E-state index in [9.17, 15) is 15.0 Å². The van der Waals surface area contributed by atoms with Gasteiger partial charge in [0.2, 0.25) is 0 Å². The number of benzene rings is 1. The van der Waals surface area contributed by atoms with Crippen molar-refractivity contribution in [2.24, 2.45) is 0 Å². The first kappa shape index (κ1) is 15.5. The van der Waals surface area contributed by atoms with Gasteiger partial charge in [0.15, 0.2) is 0 Å². The molecule has 0 spiro atoms. The SMILES string of the molecule is CCOC(=O)CC(O)C(O)c1cc(C)cc(C)c1N. The fourth-order valence-corrected chi connectivity index (χ4v) is 1.97. The standard InChI is InChI=1S/C14H21NO4/c1-4-19-12(17)7-11(16)14(18)10-6-8(2)5-9(3)13(10)15/h5-6,11,14,16,18H,4,7,15H2,1-3H3. The molecular formula is C14H21NO4. The van der Waals surface area contributed by atoms with Crippen LogP contribution in [0.15, 0.2) is 12.1 Å². The molecule has 1 aromatic carbocycles. The molecule has 5 heteroatoms. The van der Waals surface area contributed by atoms with E-state index in [0.717, 1.165) is 11.1 Å². The predicted molar refractivity (Wildman–Crippen MR) is 72.5 cm³/mol. The zero-order chi connectivity index (χ0) is 14.6. The molecule has 0 fully saturated rings. The van der Waals surface area contributed by atoms with E-state index >= 15 is 0 Å². The molecule has 1 rings (SSSR count). The van der Waals surface area contributed by atoms with E-state index in [2.05, 4.69) is 0 Å². The number of hydrogen-bond donors (Lipinski definition) is 3. The van der Waals surface area contributed by atoms with Crippen LogP contribution in [0.5, 0.6) is 0 Å². The average Bonchev–Trinajstić information content (AvgIpc) is 2.33. The molecule has 0 aliphatic heterocycles.